The van der Waals surface area contributed by atoms with Gasteiger partial charge in [-0.25, -0.2) is 4.98 Å². The van der Waals surface area contributed by atoms with Crippen LogP contribution in [0.2, 0.25) is 0 Å². The normalized spacial score (nSPS) is 18.3. The van der Waals surface area contributed by atoms with Crippen LogP contribution >= 0.6 is 0 Å². The number of nitrogens with one attached hydrogen (secondary N) is 1. The highest BCUT2D eigenvalue weighted by molar-refractivity contribution is 5.78. The second-order valence-electron chi connectivity index (χ2n) is 7.67. The van der Waals surface area contributed by atoms with E-state index in [1.54, 1.807) is 18.3 Å². The number of hydrogen-bond donors (Lipinski definition) is 1. The van der Waals surface area contributed by atoms with Gasteiger partial charge in [0.15, 0.2) is 0 Å². The Bertz CT molecular complexity index is 864. The molecule has 4 rings (SSSR count). The fraction of sp³-hybridized carbons (Fsp3) is 0.409. The van der Waals surface area contributed by atoms with Gasteiger partial charge in [-0.2, -0.15) is 5.26 Å². The Labute approximate surface area is 165 Å². The van der Waals surface area contributed by atoms with Crippen molar-refractivity contribution in [2.75, 3.05) is 44.2 Å². The Morgan fingerprint density at radius 2 is 1.86 bits per heavy atom. The Kier molecular flexibility index (Phi) is 5.27. The molecule has 6 nitrogen and oxygen atoms in total. The minimum atomic E-state index is 0.0891. The van der Waals surface area contributed by atoms with Crippen LogP contribution in [-0.2, 0) is 10.2 Å². The van der Waals surface area contributed by atoms with Gasteiger partial charge >= 0.3 is 0 Å². The van der Waals surface area contributed by atoms with Crippen LogP contribution in [0.1, 0.15) is 24.0 Å². The zero-order chi connectivity index (χ0) is 19.4. The van der Waals surface area contributed by atoms with Crippen molar-refractivity contribution in [3.05, 3.63) is 59.8 Å². The number of pyridine rings is 1. The topological polar surface area (TPSA) is 72.3 Å². The number of carbonyl (C=O) groups is 1. The molecule has 2 aliphatic rings. The quantitative estimate of drug-likeness (QED) is 0.835. The maximum Gasteiger partial charge on any atom is 0.234 e. The lowest BCUT2D eigenvalue weighted by Crippen LogP contribution is -2.50. The van der Waals surface area contributed by atoms with Gasteiger partial charge in [0.25, 0.3) is 0 Å². The van der Waals surface area contributed by atoms with Crippen LogP contribution in [0.3, 0.4) is 0 Å². The van der Waals surface area contributed by atoms with Crippen LogP contribution in [0, 0.1) is 11.3 Å². The van der Waals surface area contributed by atoms with Crippen molar-refractivity contribution < 1.29 is 4.79 Å². The molecule has 0 radical (unpaired) electrons. The predicted molar refractivity (Wildman–Crippen MR) is 108 cm³/mol. The van der Waals surface area contributed by atoms with Gasteiger partial charge in [0, 0.05) is 44.3 Å². The van der Waals surface area contributed by atoms with Crippen molar-refractivity contribution in [2.24, 2.45) is 0 Å². The van der Waals surface area contributed by atoms with E-state index in [-0.39, 0.29) is 11.3 Å². The molecule has 2 aromatic rings. The van der Waals surface area contributed by atoms with Crippen LogP contribution in [-0.4, -0.2) is 55.1 Å². The van der Waals surface area contributed by atoms with Gasteiger partial charge in [-0.05, 0) is 30.5 Å². The first kappa shape index (κ1) is 18.5. The standard InChI is InChI=1S/C22H25N5O/c23-15-18-5-4-10-24-21(18)27-13-11-26(12-14-27)16-20(28)25-17-22(8-9-22)19-6-2-1-3-7-19/h1-7,10H,8-9,11-14,16-17H2,(H,25,28). The van der Waals surface area contributed by atoms with Gasteiger partial charge in [-0.1, -0.05) is 30.3 Å². The first-order valence-electron chi connectivity index (χ1n) is 9.85. The molecule has 0 bridgehead atoms. The van der Waals surface area contributed by atoms with Crippen LogP contribution in [0.15, 0.2) is 48.7 Å². The minimum Gasteiger partial charge on any atom is -0.354 e. The molecule has 1 aromatic heterocycles. The van der Waals surface area contributed by atoms with E-state index in [0.717, 1.165) is 51.4 Å². The monoisotopic (exact) mass is 375 g/mol. The zero-order valence-electron chi connectivity index (χ0n) is 16.0. The Hall–Kier alpha value is -2.91. The summed E-state index contributed by atoms with van der Waals surface area (Å²) < 4.78 is 0. The predicted octanol–water partition coefficient (Wildman–Crippen LogP) is 1.92. The number of amides is 1. The molecule has 144 valence electrons. The maximum atomic E-state index is 12.4. The van der Waals surface area contributed by atoms with Crippen LogP contribution in [0.25, 0.3) is 0 Å². The van der Waals surface area contributed by atoms with Crippen LogP contribution in [0.5, 0.6) is 0 Å². The summed E-state index contributed by atoms with van der Waals surface area (Å²) in [4.78, 5) is 21.1. The number of rotatable bonds is 6. The largest absolute Gasteiger partial charge is 0.354 e. The van der Waals surface area contributed by atoms with Crippen LogP contribution < -0.4 is 10.2 Å². The van der Waals surface area contributed by atoms with E-state index in [1.807, 2.05) is 6.07 Å². The SMILES string of the molecule is N#Cc1cccnc1N1CCN(CC(=O)NCC2(c3ccccc3)CC2)CC1. The lowest BCUT2D eigenvalue weighted by atomic mass is 9.96. The molecule has 0 unspecified atom stereocenters. The third-order valence-corrected chi connectivity index (χ3v) is 5.81. The van der Waals surface area contributed by atoms with Gasteiger partial charge in [0.05, 0.1) is 12.1 Å². The molecule has 0 spiro atoms. The highest BCUT2D eigenvalue weighted by atomic mass is 16.2. The van der Waals surface area contributed by atoms with Gasteiger partial charge in [-0.3, -0.25) is 9.69 Å². The Morgan fingerprint density at radius 3 is 2.54 bits per heavy atom. The third-order valence-electron chi connectivity index (χ3n) is 5.81. The maximum absolute atomic E-state index is 12.4. The number of nitrogens with zero attached hydrogens (tertiary/aromatic N) is 4. The van der Waals surface area contributed by atoms with Crippen molar-refractivity contribution in [1.82, 2.24) is 15.2 Å². The number of benzene rings is 1. The van der Waals surface area contributed by atoms with E-state index < -0.39 is 0 Å². The number of carbonyl (C=O) groups excluding carboxylic acids is 1. The summed E-state index contributed by atoms with van der Waals surface area (Å²) in [7, 11) is 0. The molecular formula is C22H25N5O. The summed E-state index contributed by atoms with van der Waals surface area (Å²) in [6.45, 7) is 4.26. The molecule has 0 atom stereocenters. The smallest absolute Gasteiger partial charge is 0.234 e. The van der Waals surface area contributed by atoms with Gasteiger partial charge < -0.3 is 10.2 Å². The molecule has 1 amide bonds. The van der Waals surface area contributed by atoms with Gasteiger partial charge in [0.1, 0.15) is 11.9 Å². The summed E-state index contributed by atoms with van der Waals surface area (Å²) in [6.07, 6.45) is 4.00. The van der Waals surface area contributed by atoms with E-state index >= 15 is 0 Å². The Balaban J connectivity index is 1.25. The fourth-order valence-electron chi connectivity index (χ4n) is 3.89. The molecule has 1 N–H and O–H groups in total. The molecular weight excluding hydrogens is 350 g/mol. The van der Waals surface area contributed by atoms with E-state index in [4.69, 9.17) is 0 Å². The summed E-state index contributed by atoms with van der Waals surface area (Å²) in [6, 6.07) is 16.3. The number of nitriles is 1. The lowest BCUT2D eigenvalue weighted by molar-refractivity contribution is -0.122. The second kappa shape index (κ2) is 7.99. The average Bonchev–Trinajstić information content (AvgIpc) is 3.55. The summed E-state index contributed by atoms with van der Waals surface area (Å²) in [5.41, 5.74) is 2.07. The molecule has 28 heavy (non-hydrogen) atoms. The van der Waals surface area contributed by atoms with E-state index in [2.05, 4.69) is 50.4 Å². The molecule has 1 aliphatic heterocycles. The van der Waals surface area contributed by atoms with Crippen molar-refractivity contribution in [3.8, 4) is 6.07 Å². The van der Waals surface area contributed by atoms with E-state index in [1.165, 1.54) is 5.56 Å². The van der Waals surface area contributed by atoms with Crippen molar-refractivity contribution >= 4 is 11.7 Å². The number of piperazine rings is 1. The van der Waals surface area contributed by atoms with Crippen LogP contribution in [0.4, 0.5) is 5.82 Å². The van der Waals surface area contributed by atoms with Crippen molar-refractivity contribution in [1.29, 1.82) is 5.26 Å². The summed E-state index contributed by atoms with van der Waals surface area (Å²) >= 11 is 0. The molecule has 1 saturated heterocycles. The zero-order valence-corrected chi connectivity index (χ0v) is 16.0. The molecule has 6 heteroatoms. The Morgan fingerprint density at radius 1 is 1.11 bits per heavy atom. The number of aromatic nitrogens is 1. The number of hydrogen-bond acceptors (Lipinski definition) is 5. The van der Waals surface area contributed by atoms with E-state index in [0.29, 0.717) is 12.1 Å². The second-order valence-corrected chi connectivity index (χ2v) is 7.67. The average molecular weight is 375 g/mol. The molecule has 1 saturated carbocycles. The van der Waals surface area contributed by atoms with Crippen molar-refractivity contribution in [2.45, 2.75) is 18.3 Å². The van der Waals surface area contributed by atoms with Crippen molar-refractivity contribution in [3.63, 3.8) is 0 Å². The summed E-state index contributed by atoms with van der Waals surface area (Å²) in [5.74, 6) is 0.832. The van der Waals surface area contributed by atoms with E-state index in [9.17, 15) is 10.1 Å². The number of anilines is 1. The molecule has 2 heterocycles. The van der Waals surface area contributed by atoms with Gasteiger partial charge in [-0.15, -0.1) is 0 Å². The first-order valence-corrected chi connectivity index (χ1v) is 9.85. The third kappa shape index (κ3) is 4.00. The molecule has 1 aromatic carbocycles. The highest BCUT2D eigenvalue weighted by Crippen LogP contribution is 2.47. The molecule has 1 aliphatic carbocycles. The molecule has 2 fully saturated rings. The van der Waals surface area contributed by atoms with Gasteiger partial charge in [0.2, 0.25) is 5.91 Å². The summed E-state index contributed by atoms with van der Waals surface area (Å²) in [5, 5.41) is 12.4. The fourth-order valence-corrected chi connectivity index (χ4v) is 3.89. The lowest BCUT2D eigenvalue weighted by Gasteiger charge is -2.35. The minimum absolute atomic E-state index is 0.0891. The highest BCUT2D eigenvalue weighted by Gasteiger charge is 2.44. The first-order chi connectivity index (χ1) is 13.7.